The van der Waals surface area contributed by atoms with Crippen molar-refractivity contribution in [2.24, 2.45) is 0 Å². The summed E-state index contributed by atoms with van der Waals surface area (Å²) in [5.74, 6) is 0.720. The largest absolute Gasteiger partial charge is 0.487 e. The van der Waals surface area contributed by atoms with Crippen LogP contribution in [0.5, 0.6) is 5.75 Å². The van der Waals surface area contributed by atoms with Crippen LogP contribution in [0.2, 0.25) is 0 Å². The van der Waals surface area contributed by atoms with Gasteiger partial charge in [-0.1, -0.05) is 127 Å². The Morgan fingerprint density at radius 1 is 0.707 bits per heavy atom. The van der Waals surface area contributed by atoms with Crippen LogP contribution in [0.3, 0.4) is 0 Å². The van der Waals surface area contributed by atoms with E-state index in [0.29, 0.717) is 4.48 Å². The van der Waals surface area contributed by atoms with Crippen LogP contribution in [0.25, 0.3) is 0 Å². The van der Waals surface area contributed by atoms with E-state index in [9.17, 15) is 4.79 Å². The first-order valence-corrected chi connectivity index (χ1v) is 16.7. The lowest BCUT2D eigenvalue weighted by molar-refractivity contribution is -0.920. The van der Waals surface area contributed by atoms with Crippen LogP contribution in [-0.4, -0.2) is 43.3 Å². The Balaban J connectivity index is 1.71. The van der Waals surface area contributed by atoms with Gasteiger partial charge in [0, 0.05) is 12.0 Å². The summed E-state index contributed by atoms with van der Waals surface area (Å²) in [5.41, 5.74) is 2.60. The van der Waals surface area contributed by atoms with Gasteiger partial charge >= 0.3 is 5.97 Å². The lowest BCUT2D eigenvalue weighted by atomic mass is 10.0. The van der Waals surface area contributed by atoms with Crippen molar-refractivity contribution in [1.82, 2.24) is 0 Å². The number of hydrogen-bond acceptors (Lipinski definition) is 3. The highest BCUT2D eigenvalue weighted by atomic mass is 16.6. The Kier molecular flexibility index (Phi) is 17.5. The normalized spacial score (nSPS) is 13.1. The minimum absolute atomic E-state index is 0.128. The molecule has 4 nitrogen and oxygen atoms in total. The van der Waals surface area contributed by atoms with E-state index < -0.39 is 0 Å². The summed E-state index contributed by atoms with van der Waals surface area (Å²) in [5, 5.41) is 0. The zero-order valence-electron chi connectivity index (χ0n) is 27.0. The smallest absolute Gasteiger partial charge is 0.365 e. The molecular weight excluding hydrogens is 506 g/mol. The van der Waals surface area contributed by atoms with Crippen molar-refractivity contribution >= 4 is 5.97 Å². The predicted molar refractivity (Wildman–Crippen MR) is 173 cm³/mol. The third-order valence-corrected chi connectivity index (χ3v) is 8.27. The number of nitrogens with zero attached hydrogens (tertiary/aromatic N) is 1. The Morgan fingerprint density at radius 2 is 1.29 bits per heavy atom. The van der Waals surface area contributed by atoms with Gasteiger partial charge in [-0.15, -0.1) is 0 Å². The molecule has 0 amide bonds. The van der Waals surface area contributed by atoms with Gasteiger partial charge in [-0.3, -0.25) is 0 Å². The van der Waals surface area contributed by atoms with Crippen LogP contribution >= 0.6 is 0 Å². The highest BCUT2D eigenvalue weighted by Crippen LogP contribution is 2.21. The number of carbonyl (C=O) groups is 1. The van der Waals surface area contributed by atoms with E-state index in [0.717, 1.165) is 38.0 Å². The maximum atomic E-state index is 13.2. The van der Waals surface area contributed by atoms with Crippen LogP contribution in [0.1, 0.15) is 122 Å². The quantitative estimate of drug-likeness (QED) is 0.0763. The van der Waals surface area contributed by atoms with Crippen molar-refractivity contribution < 1.29 is 18.8 Å². The van der Waals surface area contributed by atoms with Crippen LogP contribution in [-0.2, 0) is 22.5 Å². The molecular formula is C37H60NO3+. The first-order valence-electron chi connectivity index (χ1n) is 16.7. The van der Waals surface area contributed by atoms with Crippen molar-refractivity contribution in [1.29, 1.82) is 0 Å². The molecule has 0 radical (unpaired) electrons. The molecule has 2 rings (SSSR count). The molecule has 41 heavy (non-hydrogen) atoms. The molecule has 0 saturated carbocycles. The Hall–Kier alpha value is -2.33. The van der Waals surface area contributed by atoms with Gasteiger partial charge in [0.25, 0.3) is 0 Å². The molecule has 0 bridgehead atoms. The van der Waals surface area contributed by atoms with Crippen LogP contribution in [0, 0.1) is 0 Å². The number of unbranched alkanes of at least 4 members (excludes halogenated alkanes) is 10. The fraction of sp³-hybridized carbons (Fsp3) is 0.649. The van der Waals surface area contributed by atoms with Crippen molar-refractivity contribution in [3.63, 3.8) is 0 Å². The zero-order valence-corrected chi connectivity index (χ0v) is 27.0. The van der Waals surface area contributed by atoms with Crippen LogP contribution < -0.4 is 4.74 Å². The number of quaternary nitrogens is 1. The van der Waals surface area contributed by atoms with Crippen LogP contribution in [0.4, 0.5) is 0 Å². The maximum absolute atomic E-state index is 13.2. The Labute approximate surface area is 252 Å². The number of ether oxygens (including phenoxy) is 2. The Morgan fingerprint density at radius 3 is 1.85 bits per heavy atom. The minimum Gasteiger partial charge on any atom is -0.487 e. The van der Waals surface area contributed by atoms with E-state index in [1.807, 2.05) is 6.07 Å². The Bertz CT molecular complexity index is 925. The van der Waals surface area contributed by atoms with Gasteiger partial charge in [0.2, 0.25) is 0 Å². The average Bonchev–Trinajstić information content (AvgIpc) is 2.97. The molecule has 4 heteroatoms. The summed E-state index contributed by atoms with van der Waals surface area (Å²) in [6.07, 6.45) is 18.6. The van der Waals surface area contributed by atoms with Gasteiger partial charge in [0.15, 0.2) is 6.04 Å². The van der Waals surface area contributed by atoms with E-state index >= 15 is 0 Å². The van der Waals surface area contributed by atoms with Crippen LogP contribution in [0.15, 0.2) is 54.6 Å². The molecule has 0 fully saturated rings. The standard InChI is InChI=1S/C37H60NO3/c1-6-9-10-11-12-13-14-15-16-17-19-23-32-26-28-35(29-27-32)41-34(8-3)31-40-37(39)36(22-7-2)38(4,5)30-33-24-20-18-21-25-33/h18,20-21,24-29,34,36H,6-17,19,22-23,30-31H2,1-5H3/q+1. The van der Waals surface area contributed by atoms with Crippen molar-refractivity contribution in [2.45, 2.75) is 136 Å². The molecule has 2 aromatic rings. The topological polar surface area (TPSA) is 35.5 Å². The number of benzene rings is 2. The molecule has 2 atom stereocenters. The van der Waals surface area contributed by atoms with Crippen molar-refractivity contribution in [3.8, 4) is 5.75 Å². The van der Waals surface area contributed by atoms with Gasteiger partial charge in [0.1, 0.15) is 25.0 Å². The molecule has 2 aromatic carbocycles. The third-order valence-electron chi connectivity index (χ3n) is 8.27. The van der Waals surface area contributed by atoms with Crippen molar-refractivity contribution in [3.05, 3.63) is 65.7 Å². The fourth-order valence-electron chi connectivity index (χ4n) is 5.62. The van der Waals surface area contributed by atoms with Crippen molar-refractivity contribution in [2.75, 3.05) is 20.7 Å². The molecule has 0 N–H and O–H groups in total. The number of rotatable bonds is 23. The van der Waals surface area contributed by atoms with Gasteiger partial charge < -0.3 is 14.0 Å². The molecule has 0 spiro atoms. The zero-order chi connectivity index (χ0) is 29.8. The molecule has 0 aliphatic heterocycles. The highest BCUT2D eigenvalue weighted by molar-refractivity contribution is 5.74. The SMILES string of the molecule is CCCCCCCCCCCCCc1ccc(OC(CC)COC(=O)C(CCC)[N+](C)(C)Cc2ccccc2)cc1. The molecule has 0 aliphatic rings. The van der Waals surface area contributed by atoms with Gasteiger partial charge in [-0.2, -0.15) is 0 Å². The first-order chi connectivity index (χ1) is 19.9. The van der Waals surface area contributed by atoms with Gasteiger partial charge in [0.05, 0.1) is 14.1 Å². The van der Waals surface area contributed by atoms with E-state index in [1.54, 1.807) is 0 Å². The maximum Gasteiger partial charge on any atom is 0.365 e. The number of carbonyl (C=O) groups excluding carboxylic acids is 1. The summed E-state index contributed by atoms with van der Waals surface area (Å²) in [4.78, 5) is 13.2. The monoisotopic (exact) mass is 566 g/mol. The number of hydrogen-bond donors (Lipinski definition) is 0. The molecule has 230 valence electrons. The molecule has 0 saturated heterocycles. The van der Waals surface area contributed by atoms with E-state index in [1.165, 1.54) is 81.8 Å². The molecule has 0 aliphatic carbocycles. The van der Waals surface area contributed by atoms with Gasteiger partial charge in [-0.25, -0.2) is 4.79 Å². The molecule has 2 unspecified atom stereocenters. The minimum atomic E-state index is -0.201. The fourth-order valence-corrected chi connectivity index (χ4v) is 5.62. The van der Waals surface area contributed by atoms with E-state index in [2.05, 4.69) is 83.4 Å². The first kappa shape index (κ1) is 34.9. The summed E-state index contributed by atoms with van der Waals surface area (Å²) in [6.45, 7) is 7.56. The average molecular weight is 567 g/mol. The lowest BCUT2D eigenvalue weighted by Gasteiger charge is -2.36. The molecule has 0 aromatic heterocycles. The summed E-state index contributed by atoms with van der Waals surface area (Å²) in [6, 6.07) is 18.7. The highest BCUT2D eigenvalue weighted by Gasteiger charge is 2.36. The number of esters is 1. The van der Waals surface area contributed by atoms with Gasteiger partial charge in [-0.05, 0) is 43.4 Å². The molecule has 0 heterocycles. The summed E-state index contributed by atoms with van der Waals surface area (Å²) < 4.78 is 12.7. The second-order valence-corrected chi connectivity index (χ2v) is 12.4. The van der Waals surface area contributed by atoms with E-state index in [-0.39, 0.29) is 24.7 Å². The lowest BCUT2D eigenvalue weighted by Crippen LogP contribution is -2.53. The second-order valence-electron chi connectivity index (χ2n) is 12.4. The summed E-state index contributed by atoms with van der Waals surface area (Å²) in [7, 11) is 4.25. The third kappa shape index (κ3) is 14.4. The second kappa shape index (κ2) is 20.5. The summed E-state index contributed by atoms with van der Waals surface area (Å²) >= 11 is 0. The predicted octanol–water partition coefficient (Wildman–Crippen LogP) is 9.69. The number of likely N-dealkylation sites (N-methyl/N-ethyl adjacent to an activating group) is 1. The number of aryl methyl sites for hydroxylation is 1. The van der Waals surface area contributed by atoms with E-state index in [4.69, 9.17) is 9.47 Å².